The maximum Gasteiger partial charge on any atom is 0.122 e. The van der Waals surface area contributed by atoms with E-state index < -0.39 is 0 Å². The van der Waals surface area contributed by atoms with Crippen LogP contribution in [0.5, 0.6) is 0 Å². The van der Waals surface area contributed by atoms with Gasteiger partial charge in [0.25, 0.3) is 0 Å². The number of hydrogen-bond donors (Lipinski definition) is 1. The van der Waals surface area contributed by atoms with E-state index in [9.17, 15) is 0 Å². The van der Waals surface area contributed by atoms with Gasteiger partial charge in [-0.1, -0.05) is 20.8 Å². The number of hydrogen-bond acceptors (Lipinski definition) is 4. The van der Waals surface area contributed by atoms with E-state index in [1.165, 1.54) is 34.8 Å². The third-order valence-electron chi connectivity index (χ3n) is 3.64. The van der Waals surface area contributed by atoms with Crippen molar-refractivity contribution in [3.8, 4) is 0 Å². The van der Waals surface area contributed by atoms with Crippen LogP contribution in [0.25, 0.3) is 0 Å². The van der Waals surface area contributed by atoms with Crippen LogP contribution in [0, 0.1) is 5.92 Å². The smallest absolute Gasteiger partial charge is 0.122 e. The normalized spacial score (nSPS) is 16.9. The van der Waals surface area contributed by atoms with Crippen molar-refractivity contribution in [1.82, 2.24) is 10.3 Å². The number of rotatable bonds is 9. The first-order valence-electron chi connectivity index (χ1n) is 7.99. The molecule has 0 amide bonds. The molecular formula is C16H28N2OS. The molecule has 1 fully saturated rings. The van der Waals surface area contributed by atoms with Gasteiger partial charge >= 0.3 is 0 Å². The van der Waals surface area contributed by atoms with Gasteiger partial charge in [-0.15, -0.1) is 11.3 Å². The highest BCUT2D eigenvalue weighted by Crippen LogP contribution is 2.45. The fourth-order valence-corrected chi connectivity index (χ4v) is 3.78. The van der Waals surface area contributed by atoms with Crippen LogP contribution in [0.3, 0.4) is 0 Å². The van der Waals surface area contributed by atoms with Gasteiger partial charge < -0.3 is 10.1 Å². The van der Waals surface area contributed by atoms with Crippen LogP contribution in [-0.2, 0) is 11.3 Å². The van der Waals surface area contributed by atoms with Crippen LogP contribution < -0.4 is 5.32 Å². The van der Waals surface area contributed by atoms with Crippen molar-refractivity contribution in [1.29, 1.82) is 0 Å². The zero-order chi connectivity index (χ0) is 14.5. The Morgan fingerprint density at radius 3 is 2.65 bits per heavy atom. The van der Waals surface area contributed by atoms with Gasteiger partial charge in [0.05, 0.1) is 5.69 Å². The first-order chi connectivity index (χ1) is 9.67. The minimum absolute atomic E-state index is 0.238. The van der Waals surface area contributed by atoms with E-state index >= 15 is 0 Å². The van der Waals surface area contributed by atoms with Crippen LogP contribution in [0.4, 0.5) is 0 Å². The zero-order valence-electron chi connectivity index (χ0n) is 13.2. The summed E-state index contributed by atoms with van der Waals surface area (Å²) in [5, 5.41) is 4.71. The summed E-state index contributed by atoms with van der Waals surface area (Å²) in [6.45, 7) is 11.5. The van der Waals surface area contributed by atoms with Crippen molar-refractivity contribution in [2.75, 3.05) is 13.2 Å². The molecule has 1 aromatic rings. The summed E-state index contributed by atoms with van der Waals surface area (Å²) in [7, 11) is 0. The van der Waals surface area contributed by atoms with E-state index in [0.717, 1.165) is 19.7 Å². The van der Waals surface area contributed by atoms with Gasteiger partial charge in [0, 0.05) is 18.0 Å². The van der Waals surface area contributed by atoms with Crippen LogP contribution in [0.15, 0.2) is 0 Å². The third kappa shape index (κ3) is 4.03. The van der Waals surface area contributed by atoms with Crippen LogP contribution in [0.2, 0.25) is 0 Å². The standard InChI is InChI=1S/C16H28N2OS/c1-5-9-17-10-13-14(11(3)4)18-16(20-13)15(19-6-2)12-7-8-12/h11-12,15,17H,5-10H2,1-4H3. The second-order valence-electron chi connectivity index (χ2n) is 5.91. The molecule has 0 bridgehead atoms. The highest BCUT2D eigenvalue weighted by atomic mass is 32.1. The Morgan fingerprint density at radius 2 is 2.10 bits per heavy atom. The van der Waals surface area contributed by atoms with E-state index in [1.54, 1.807) is 0 Å². The van der Waals surface area contributed by atoms with Crippen LogP contribution in [0.1, 0.15) is 74.6 Å². The van der Waals surface area contributed by atoms with Gasteiger partial charge in [-0.25, -0.2) is 4.98 Å². The van der Waals surface area contributed by atoms with Crippen molar-refractivity contribution in [3.63, 3.8) is 0 Å². The predicted molar refractivity (Wildman–Crippen MR) is 85.3 cm³/mol. The molecule has 1 heterocycles. The molecule has 0 saturated heterocycles. The largest absolute Gasteiger partial charge is 0.371 e. The average Bonchev–Trinajstić information content (AvgIpc) is 3.16. The molecule has 1 aliphatic carbocycles. The Balaban J connectivity index is 2.14. The van der Waals surface area contributed by atoms with Gasteiger partial charge in [0.2, 0.25) is 0 Å². The Kier molecular flexibility index (Phi) is 6.00. The number of nitrogens with zero attached hydrogens (tertiary/aromatic N) is 1. The number of aromatic nitrogens is 1. The zero-order valence-corrected chi connectivity index (χ0v) is 14.1. The Hall–Kier alpha value is -0.450. The van der Waals surface area contributed by atoms with Gasteiger partial charge in [-0.3, -0.25) is 0 Å². The molecule has 3 nitrogen and oxygen atoms in total. The predicted octanol–water partition coefficient (Wildman–Crippen LogP) is 4.25. The van der Waals surface area contributed by atoms with E-state index in [0.29, 0.717) is 11.8 Å². The molecule has 2 rings (SSSR count). The molecule has 0 radical (unpaired) electrons. The first-order valence-corrected chi connectivity index (χ1v) is 8.80. The topological polar surface area (TPSA) is 34.1 Å². The third-order valence-corrected chi connectivity index (χ3v) is 4.78. The lowest BCUT2D eigenvalue weighted by molar-refractivity contribution is 0.0461. The monoisotopic (exact) mass is 296 g/mol. The molecule has 1 N–H and O–H groups in total. The highest BCUT2D eigenvalue weighted by molar-refractivity contribution is 7.11. The summed E-state index contributed by atoms with van der Waals surface area (Å²) in [6.07, 6.45) is 4.00. The van der Waals surface area contributed by atoms with Crippen molar-refractivity contribution < 1.29 is 4.74 Å². The lowest BCUT2D eigenvalue weighted by Gasteiger charge is -2.13. The lowest BCUT2D eigenvalue weighted by atomic mass is 10.1. The Bertz CT molecular complexity index is 413. The lowest BCUT2D eigenvalue weighted by Crippen LogP contribution is -2.14. The van der Waals surface area contributed by atoms with Crippen molar-refractivity contribution in [2.24, 2.45) is 5.92 Å². The van der Waals surface area contributed by atoms with E-state index in [1.807, 2.05) is 11.3 Å². The molecule has 0 aromatic carbocycles. The molecule has 4 heteroatoms. The van der Waals surface area contributed by atoms with E-state index in [4.69, 9.17) is 9.72 Å². The molecule has 114 valence electrons. The van der Waals surface area contributed by atoms with Gasteiger partial charge in [0.15, 0.2) is 0 Å². The number of thiazole rings is 1. The molecule has 0 spiro atoms. The maximum atomic E-state index is 5.95. The van der Waals surface area contributed by atoms with E-state index in [2.05, 4.69) is 33.0 Å². The minimum Gasteiger partial charge on any atom is -0.371 e. The summed E-state index contributed by atoms with van der Waals surface area (Å²) >= 11 is 1.86. The maximum absolute atomic E-state index is 5.95. The van der Waals surface area contributed by atoms with Crippen molar-refractivity contribution in [2.45, 2.75) is 65.5 Å². The Labute approximate surface area is 127 Å². The molecule has 1 aliphatic rings. The first kappa shape index (κ1) is 15.9. The van der Waals surface area contributed by atoms with Crippen molar-refractivity contribution >= 4 is 11.3 Å². The van der Waals surface area contributed by atoms with Gasteiger partial charge in [0.1, 0.15) is 11.1 Å². The fraction of sp³-hybridized carbons (Fsp3) is 0.812. The molecule has 1 unspecified atom stereocenters. The minimum atomic E-state index is 0.238. The SMILES string of the molecule is CCCNCc1sc(C(OCC)C2CC2)nc1C(C)C. The molecule has 1 saturated carbocycles. The average molecular weight is 296 g/mol. The second-order valence-corrected chi connectivity index (χ2v) is 7.02. The van der Waals surface area contributed by atoms with Crippen LogP contribution >= 0.6 is 11.3 Å². The molecule has 20 heavy (non-hydrogen) atoms. The number of ether oxygens (including phenoxy) is 1. The van der Waals surface area contributed by atoms with E-state index in [-0.39, 0.29) is 6.10 Å². The fourth-order valence-electron chi connectivity index (χ4n) is 2.45. The molecular weight excluding hydrogens is 268 g/mol. The summed E-state index contributed by atoms with van der Waals surface area (Å²) < 4.78 is 5.95. The van der Waals surface area contributed by atoms with Gasteiger partial charge in [-0.05, 0) is 44.6 Å². The molecule has 0 aliphatic heterocycles. The molecule has 1 aromatic heterocycles. The second kappa shape index (κ2) is 7.53. The summed E-state index contributed by atoms with van der Waals surface area (Å²) in [5.74, 6) is 1.19. The summed E-state index contributed by atoms with van der Waals surface area (Å²) in [4.78, 5) is 6.32. The quantitative estimate of drug-likeness (QED) is 0.692. The highest BCUT2D eigenvalue weighted by Gasteiger charge is 2.35. The number of nitrogens with one attached hydrogen (secondary N) is 1. The Morgan fingerprint density at radius 1 is 1.35 bits per heavy atom. The van der Waals surface area contributed by atoms with Crippen molar-refractivity contribution in [3.05, 3.63) is 15.6 Å². The summed E-state index contributed by atoms with van der Waals surface area (Å²) in [6, 6.07) is 0. The van der Waals surface area contributed by atoms with Gasteiger partial charge in [-0.2, -0.15) is 0 Å². The summed E-state index contributed by atoms with van der Waals surface area (Å²) in [5.41, 5.74) is 1.26. The van der Waals surface area contributed by atoms with Crippen LogP contribution in [-0.4, -0.2) is 18.1 Å². The molecule has 1 atom stereocenters.